The standard InChI is InChI=1S/C24H30N4OS/c1-29-22-8-4-3-7-21(22)27-16-14-26(15-17-27)18-19-10-12-28(13-11-19)24-25-20-6-2-5-9-23(20)30-24/h2-9,19H,10-18H2,1H3. The molecule has 0 spiro atoms. The molecule has 3 heterocycles. The van der Waals surface area contributed by atoms with Crippen LogP contribution in [0.1, 0.15) is 12.8 Å². The molecule has 2 aliphatic rings. The Morgan fingerprint density at radius 2 is 1.63 bits per heavy atom. The molecule has 1 aromatic heterocycles. The Kier molecular flexibility index (Phi) is 5.77. The molecule has 0 radical (unpaired) electrons. The molecule has 2 aliphatic heterocycles. The third kappa shape index (κ3) is 4.12. The maximum atomic E-state index is 5.55. The number of benzene rings is 2. The van der Waals surface area contributed by atoms with Crippen molar-refractivity contribution in [3.05, 3.63) is 48.5 Å². The van der Waals surface area contributed by atoms with Gasteiger partial charge in [0.05, 0.1) is 23.0 Å². The lowest BCUT2D eigenvalue weighted by atomic mass is 9.96. The lowest BCUT2D eigenvalue weighted by Gasteiger charge is -2.39. The van der Waals surface area contributed by atoms with Crippen LogP contribution in [-0.2, 0) is 0 Å². The number of thiazole rings is 1. The second-order valence-corrected chi connectivity index (χ2v) is 9.36. The summed E-state index contributed by atoms with van der Waals surface area (Å²) in [6, 6.07) is 16.8. The van der Waals surface area contributed by atoms with Gasteiger partial charge in [0.15, 0.2) is 5.13 Å². The van der Waals surface area contributed by atoms with Gasteiger partial charge in [0, 0.05) is 45.8 Å². The first-order valence-electron chi connectivity index (χ1n) is 11.0. The quantitative estimate of drug-likeness (QED) is 0.611. The van der Waals surface area contributed by atoms with Crippen LogP contribution in [0.3, 0.4) is 0 Å². The summed E-state index contributed by atoms with van der Waals surface area (Å²) in [5.41, 5.74) is 2.36. The molecule has 5 rings (SSSR count). The largest absolute Gasteiger partial charge is 0.495 e. The summed E-state index contributed by atoms with van der Waals surface area (Å²) >= 11 is 1.83. The fraction of sp³-hybridized carbons (Fsp3) is 0.458. The Labute approximate surface area is 182 Å². The maximum Gasteiger partial charge on any atom is 0.186 e. The number of rotatable bonds is 5. The summed E-state index contributed by atoms with van der Waals surface area (Å²) in [6.07, 6.45) is 2.53. The molecule has 0 N–H and O–H groups in total. The average Bonchev–Trinajstić information content (AvgIpc) is 3.24. The minimum atomic E-state index is 0.799. The van der Waals surface area contributed by atoms with Gasteiger partial charge in [0.1, 0.15) is 5.75 Å². The molecule has 158 valence electrons. The number of piperazine rings is 1. The van der Waals surface area contributed by atoms with E-state index in [0.29, 0.717) is 0 Å². The molecule has 2 fully saturated rings. The highest BCUT2D eigenvalue weighted by Crippen LogP contribution is 2.32. The van der Waals surface area contributed by atoms with Gasteiger partial charge in [0.2, 0.25) is 0 Å². The minimum Gasteiger partial charge on any atom is -0.495 e. The maximum absolute atomic E-state index is 5.55. The SMILES string of the molecule is COc1ccccc1N1CCN(CC2CCN(c3nc4ccccc4s3)CC2)CC1. The number of anilines is 2. The van der Waals surface area contributed by atoms with Gasteiger partial charge in [-0.1, -0.05) is 35.6 Å². The smallest absolute Gasteiger partial charge is 0.186 e. The van der Waals surface area contributed by atoms with Crippen LogP contribution in [0.2, 0.25) is 0 Å². The van der Waals surface area contributed by atoms with Gasteiger partial charge < -0.3 is 14.5 Å². The number of nitrogens with zero attached hydrogens (tertiary/aromatic N) is 4. The highest BCUT2D eigenvalue weighted by molar-refractivity contribution is 7.22. The monoisotopic (exact) mass is 422 g/mol. The van der Waals surface area contributed by atoms with E-state index in [2.05, 4.69) is 57.2 Å². The summed E-state index contributed by atoms with van der Waals surface area (Å²) in [4.78, 5) is 12.5. The zero-order valence-corrected chi connectivity index (χ0v) is 18.5. The minimum absolute atomic E-state index is 0.799. The van der Waals surface area contributed by atoms with Crippen molar-refractivity contribution < 1.29 is 4.74 Å². The molecule has 0 aliphatic carbocycles. The number of piperidine rings is 1. The number of ether oxygens (including phenoxy) is 1. The summed E-state index contributed by atoms with van der Waals surface area (Å²) in [6.45, 7) is 7.91. The van der Waals surface area contributed by atoms with Gasteiger partial charge in [-0.2, -0.15) is 0 Å². The van der Waals surface area contributed by atoms with E-state index < -0.39 is 0 Å². The van der Waals surface area contributed by atoms with Crippen molar-refractivity contribution in [2.75, 3.05) is 62.7 Å². The van der Waals surface area contributed by atoms with E-state index in [1.807, 2.05) is 17.4 Å². The zero-order valence-electron chi connectivity index (χ0n) is 17.7. The third-order valence-electron chi connectivity index (χ3n) is 6.48. The van der Waals surface area contributed by atoms with Crippen LogP contribution in [-0.4, -0.2) is 62.8 Å². The number of hydrogen-bond acceptors (Lipinski definition) is 6. The molecule has 0 atom stereocenters. The van der Waals surface area contributed by atoms with E-state index in [1.165, 1.54) is 34.9 Å². The molecule has 5 nitrogen and oxygen atoms in total. The second kappa shape index (κ2) is 8.82. The first-order valence-corrected chi connectivity index (χ1v) is 11.8. The van der Waals surface area contributed by atoms with Crippen molar-refractivity contribution in [1.29, 1.82) is 0 Å². The van der Waals surface area contributed by atoms with Crippen molar-refractivity contribution in [2.45, 2.75) is 12.8 Å². The Hall–Kier alpha value is -2.31. The third-order valence-corrected chi connectivity index (χ3v) is 7.58. The van der Waals surface area contributed by atoms with Gasteiger partial charge in [-0.3, -0.25) is 4.90 Å². The normalized spacial score (nSPS) is 18.8. The van der Waals surface area contributed by atoms with Crippen molar-refractivity contribution in [3.8, 4) is 5.75 Å². The summed E-state index contributed by atoms with van der Waals surface area (Å²) in [5, 5.41) is 1.19. The Balaban J connectivity index is 1.11. The molecule has 3 aromatic rings. The van der Waals surface area contributed by atoms with Crippen molar-refractivity contribution in [2.24, 2.45) is 5.92 Å². The van der Waals surface area contributed by atoms with Gasteiger partial charge in [-0.15, -0.1) is 0 Å². The van der Waals surface area contributed by atoms with E-state index in [9.17, 15) is 0 Å². The highest BCUT2D eigenvalue weighted by Gasteiger charge is 2.25. The topological polar surface area (TPSA) is 31.8 Å². The van der Waals surface area contributed by atoms with Gasteiger partial charge in [-0.25, -0.2) is 4.98 Å². The van der Waals surface area contributed by atoms with Crippen LogP contribution < -0.4 is 14.5 Å². The molecule has 6 heteroatoms. The van der Waals surface area contributed by atoms with E-state index in [-0.39, 0.29) is 0 Å². The molecule has 2 saturated heterocycles. The molecule has 0 unspecified atom stereocenters. The lowest BCUT2D eigenvalue weighted by Crippen LogP contribution is -2.49. The van der Waals surface area contributed by atoms with Gasteiger partial charge >= 0.3 is 0 Å². The van der Waals surface area contributed by atoms with Gasteiger partial charge in [0.25, 0.3) is 0 Å². The van der Waals surface area contributed by atoms with Crippen LogP contribution in [0, 0.1) is 5.92 Å². The van der Waals surface area contributed by atoms with Crippen molar-refractivity contribution >= 4 is 32.4 Å². The van der Waals surface area contributed by atoms with Crippen molar-refractivity contribution in [1.82, 2.24) is 9.88 Å². The van der Waals surface area contributed by atoms with Crippen molar-refractivity contribution in [3.63, 3.8) is 0 Å². The van der Waals surface area contributed by atoms with Crippen LogP contribution in [0.4, 0.5) is 10.8 Å². The fourth-order valence-corrected chi connectivity index (χ4v) is 5.75. The number of aromatic nitrogens is 1. The van der Waals surface area contributed by atoms with Crippen LogP contribution in [0.15, 0.2) is 48.5 Å². The van der Waals surface area contributed by atoms with E-state index >= 15 is 0 Å². The van der Waals surface area contributed by atoms with Crippen LogP contribution in [0.5, 0.6) is 5.75 Å². The average molecular weight is 423 g/mol. The second-order valence-electron chi connectivity index (χ2n) is 8.35. The molecular formula is C24H30N4OS. The summed E-state index contributed by atoms with van der Waals surface area (Å²) in [5.74, 6) is 1.78. The highest BCUT2D eigenvalue weighted by atomic mass is 32.1. The predicted octanol–water partition coefficient (Wildman–Crippen LogP) is 4.34. The molecule has 30 heavy (non-hydrogen) atoms. The van der Waals surface area contributed by atoms with E-state index in [1.54, 1.807) is 7.11 Å². The molecule has 0 saturated carbocycles. The molecule has 0 bridgehead atoms. The fourth-order valence-electron chi connectivity index (χ4n) is 4.73. The zero-order chi connectivity index (χ0) is 20.3. The molecule has 2 aromatic carbocycles. The summed E-state index contributed by atoms with van der Waals surface area (Å²) in [7, 11) is 1.76. The van der Waals surface area contributed by atoms with Gasteiger partial charge in [-0.05, 0) is 43.0 Å². The van der Waals surface area contributed by atoms with Crippen LogP contribution >= 0.6 is 11.3 Å². The number of fused-ring (bicyclic) bond motifs is 1. The Morgan fingerprint density at radius 3 is 2.40 bits per heavy atom. The Bertz CT molecular complexity index is 941. The lowest BCUT2D eigenvalue weighted by molar-refractivity contribution is 0.201. The molecule has 0 amide bonds. The number of methoxy groups -OCH3 is 1. The first kappa shape index (κ1) is 19.6. The predicted molar refractivity (Wildman–Crippen MR) is 126 cm³/mol. The Morgan fingerprint density at radius 1 is 0.900 bits per heavy atom. The van der Waals surface area contributed by atoms with E-state index in [0.717, 1.165) is 56.5 Å². The summed E-state index contributed by atoms with van der Waals surface area (Å²) < 4.78 is 6.84. The number of para-hydroxylation sites is 3. The van der Waals surface area contributed by atoms with E-state index in [4.69, 9.17) is 9.72 Å². The van der Waals surface area contributed by atoms with Crippen LogP contribution in [0.25, 0.3) is 10.2 Å². The molecular weight excluding hydrogens is 392 g/mol. The first-order chi connectivity index (χ1) is 14.8. The number of hydrogen-bond donors (Lipinski definition) is 0.